The van der Waals surface area contributed by atoms with Crippen molar-refractivity contribution >= 4 is 18.9 Å². The second kappa shape index (κ2) is 9.94. The van der Waals surface area contributed by atoms with Crippen LogP contribution in [0.15, 0.2) is 91.0 Å². The lowest BCUT2D eigenvalue weighted by Crippen LogP contribution is -2.29. The summed E-state index contributed by atoms with van der Waals surface area (Å²) in [6, 6.07) is 29.7. The van der Waals surface area contributed by atoms with Gasteiger partial charge in [0.05, 0.1) is 0 Å². The third-order valence-corrected chi connectivity index (χ3v) is 7.56. The monoisotopic (exact) mass is 466 g/mol. The molecular formula is C23H22F3O3PS. The normalized spacial score (nSPS) is 13.0. The minimum atomic E-state index is -5.56. The first-order valence-corrected chi connectivity index (χ1v) is 12.2. The summed E-state index contributed by atoms with van der Waals surface area (Å²) in [7, 11) is -6.35. The minimum Gasteiger partial charge on any atom is -0.244 e. The Kier molecular flexibility index (Phi) is 7.52. The van der Waals surface area contributed by atoms with E-state index in [1.807, 2.05) is 91.0 Å². The van der Waals surface area contributed by atoms with E-state index in [2.05, 4.69) is 3.97 Å². The number of hydrogen-bond acceptors (Lipinski definition) is 3. The standard InChI is InChI=1S/C23H22F3O3PS/c24-23(25,26)31(27,28)29-30-18-10-17-22(19-11-4-1-5-12-19,20-13-6-2-7-14-20)21-15-8-3-9-16-21/h1-9,11-16,30H,10,17-18H2. The Morgan fingerprint density at radius 1 is 0.710 bits per heavy atom. The predicted octanol–water partition coefficient (Wildman–Crippen LogP) is 6.26. The summed E-state index contributed by atoms with van der Waals surface area (Å²) in [6.45, 7) is 0. The molecule has 0 radical (unpaired) electrons. The van der Waals surface area contributed by atoms with Crippen molar-refractivity contribution in [2.24, 2.45) is 0 Å². The Balaban J connectivity index is 1.90. The molecule has 0 fully saturated rings. The van der Waals surface area contributed by atoms with Crippen molar-refractivity contribution < 1.29 is 25.6 Å². The van der Waals surface area contributed by atoms with Crippen LogP contribution in [0.2, 0.25) is 0 Å². The Bertz CT molecular complexity index is 961. The zero-order chi connectivity index (χ0) is 22.4. The molecule has 3 rings (SSSR count). The number of rotatable bonds is 9. The summed E-state index contributed by atoms with van der Waals surface area (Å²) in [5.41, 5.74) is -2.77. The summed E-state index contributed by atoms with van der Waals surface area (Å²) < 4.78 is 63.9. The molecule has 1 atom stereocenters. The van der Waals surface area contributed by atoms with Gasteiger partial charge in [-0.15, -0.1) is 0 Å². The summed E-state index contributed by atoms with van der Waals surface area (Å²) in [5.74, 6) is 0. The van der Waals surface area contributed by atoms with Crippen molar-refractivity contribution in [1.82, 2.24) is 0 Å². The van der Waals surface area contributed by atoms with Crippen LogP contribution in [0.25, 0.3) is 0 Å². The van der Waals surface area contributed by atoms with E-state index in [9.17, 15) is 21.6 Å². The summed E-state index contributed by atoms with van der Waals surface area (Å²) >= 11 is 0. The van der Waals surface area contributed by atoms with E-state index >= 15 is 0 Å². The van der Waals surface area contributed by atoms with Crippen LogP contribution in [0, 0.1) is 0 Å². The largest absolute Gasteiger partial charge is 0.523 e. The molecule has 0 saturated heterocycles. The van der Waals surface area contributed by atoms with Gasteiger partial charge in [0, 0.05) is 14.2 Å². The highest BCUT2D eigenvalue weighted by atomic mass is 32.2. The van der Waals surface area contributed by atoms with Gasteiger partial charge in [-0.3, -0.25) is 0 Å². The fourth-order valence-electron chi connectivity index (χ4n) is 3.69. The molecule has 3 aromatic carbocycles. The van der Waals surface area contributed by atoms with Gasteiger partial charge >= 0.3 is 15.6 Å². The van der Waals surface area contributed by atoms with Crippen molar-refractivity contribution in [2.45, 2.75) is 23.8 Å². The van der Waals surface area contributed by atoms with Gasteiger partial charge < -0.3 is 0 Å². The van der Waals surface area contributed by atoms with E-state index in [0.717, 1.165) is 16.7 Å². The zero-order valence-electron chi connectivity index (χ0n) is 16.5. The smallest absolute Gasteiger partial charge is 0.244 e. The molecule has 0 aliphatic rings. The predicted molar refractivity (Wildman–Crippen MR) is 118 cm³/mol. The van der Waals surface area contributed by atoms with Crippen LogP contribution in [-0.4, -0.2) is 20.1 Å². The second-order valence-electron chi connectivity index (χ2n) is 6.98. The average Bonchev–Trinajstić information content (AvgIpc) is 2.77. The molecule has 1 unspecified atom stereocenters. The third-order valence-electron chi connectivity index (χ3n) is 5.08. The first kappa shape index (κ1) is 23.5. The SMILES string of the molecule is O=S(=O)(OPCCCC(c1ccccc1)(c1ccccc1)c1ccccc1)C(F)(F)F. The molecule has 0 N–H and O–H groups in total. The molecule has 0 heterocycles. The van der Waals surface area contributed by atoms with E-state index < -0.39 is 29.8 Å². The second-order valence-corrected chi connectivity index (χ2v) is 9.81. The quantitative estimate of drug-likeness (QED) is 0.162. The van der Waals surface area contributed by atoms with Crippen molar-refractivity contribution in [2.75, 3.05) is 6.16 Å². The Hall–Kier alpha value is -2.21. The number of halogens is 3. The highest BCUT2D eigenvalue weighted by Crippen LogP contribution is 2.43. The van der Waals surface area contributed by atoms with Gasteiger partial charge in [0.15, 0.2) is 0 Å². The fourth-order valence-corrected chi connectivity index (χ4v) is 5.35. The molecule has 0 saturated carbocycles. The van der Waals surface area contributed by atoms with Gasteiger partial charge in [-0.2, -0.15) is 21.6 Å². The molecule has 164 valence electrons. The molecule has 31 heavy (non-hydrogen) atoms. The van der Waals surface area contributed by atoms with Gasteiger partial charge in [0.1, 0.15) is 0 Å². The Morgan fingerprint density at radius 3 is 1.45 bits per heavy atom. The van der Waals surface area contributed by atoms with Gasteiger partial charge in [-0.1, -0.05) is 91.0 Å². The van der Waals surface area contributed by atoms with Crippen LogP contribution in [0.5, 0.6) is 0 Å². The van der Waals surface area contributed by atoms with Crippen LogP contribution in [-0.2, 0) is 19.5 Å². The Morgan fingerprint density at radius 2 is 1.10 bits per heavy atom. The van der Waals surface area contributed by atoms with Gasteiger partial charge in [-0.05, 0) is 35.7 Å². The third kappa shape index (κ3) is 5.35. The average molecular weight is 466 g/mol. The van der Waals surface area contributed by atoms with Crippen LogP contribution < -0.4 is 0 Å². The first-order valence-electron chi connectivity index (χ1n) is 9.66. The molecule has 3 aromatic rings. The highest BCUT2D eigenvalue weighted by molar-refractivity contribution is 7.90. The fraction of sp³-hybridized carbons (Fsp3) is 0.217. The number of benzene rings is 3. The minimum absolute atomic E-state index is 0.198. The lowest BCUT2D eigenvalue weighted by molar-refractivity contribution is -0.0495. The van der Waals surface area contributed by atoms with Crippen LogP contribution in [0.1, 0.15) is 29.5 Å². The van der Waals surface area contributed by atoms with E-state index in [1.54, 1.807) is 0 Å². The van der Waals surface area contributed by atoms with E-state index in [-0.39, 0.29) is 6.16 Å². The summed E-state index contributed by atoms with van der Waals surface area (Å²) in [4.78, 5) is 0. The lowest BCUT2D eigenvalue weighted by Gasteiger charge is -2.36. The molecule has 0 spiro atoms. The molecular weight excluding hydrogens is 444 g/mol. The lowest BCUT2D eigenvalue weighted by atomic mass is 9.67. The van der Waals surface area contributed by atoms with E-state index in [1.165, 1.54) is 0 Å². The van der Waals surface area contributed by atoms with Crippen molar-refractivity contribution in [3.63, 3.8) is 0 Å². The maximum Gasteiger partial charge on any atom is 0.523 e. The molecule has 0 bridgehead atoms. The van der Waals surface area contributed by atoms with Crippen molar-refractivity contribution in [3.05, 3.63) is 108 Å². The van der Waals surface area contributed by atoms with Gasteiger partial charge in [-0.25, -0.2) is 3.97 Å². The summed E-state index contributed by atoms with van der Waals surface area (Å²) in [6.07, 6.45) is 1.25. The highest BCUT2D eigenvalue weighted by Gasteiger charge is 2.47. The van der Waals surface area contributed by atoms with Gasteiger partial charge in [0.25, 0.3) is 0 Å². The molecule has 0 aliphatic heterocycles. The molecule has 0 amide bonds. The van der Waals surface area contributed by atoms with Crippen LogP contribution >= 0.6 is 8.81 Å². The molecule has 0 aromatic heterocycles. The molecule has 8 heteroatoms. The van der Waals surface area contributed by atoms with E-state index in [0.29, 0.717) is 12.8 Å². The zero-order valence-corrected chi connectivity index (χ0v) is 18.4. The van der Waals surface area contributed by atoms with E-state index in [4.69, 9.17) is 0 Å². The maximum atomic E-state index is 12.5. The number of hydrogen-bond donors (Lipinski definition) is 0. The maximum absolute atomic E-state index is 12.5. The van der Waals surface area contributed by atoms with Crippen molar-refractivity contribution in [3.8, 4) is 0 Å². The summed E-state index contributed by atoms with van der Waals surface area (Å²) in [5, 5.41) is 0. The number of alkyl halides is 3. The van der Waals surface area contributed by atoms with Crippen molar-refractivity contribution in [1.29, 1.82) is 0 Å². The van der Waals surface area contributed by atoms with Crippen LogP contribution in [0.3, 0.4) is 0 Å². The van der Waals surface area contributed by atoms with Crippen LogP contribution in [0.4, 0.5) is 13.2 Å². The molecule has 0 aliphatic carbocycles. The molecule has 3 nitrogen and oxygen atoms in total. The van der Waals surface area contributed by atoms with Gasteiger partial charge in [0.2, 0.25) is 0 Å². The Labute approximate surface area is 182 Å². The first-order chi connectivity index (χ1) is 14.8. The topological polar surface area (TPSA) is 43.4 Å².